The lowest BCUT2D eigenvalue weighted by Gasteiger charge is -2.38. The van der Waals surface area contributed by atoms with Gasteiger partial charge in [-0.15, -0.1) is 0 Å². The lowest BCUT2D eigenvalue weighted by atomic mass is 10.1. The number of hydrogen-bond acceptors (Lipinski definition) is 4. The fraction of sp³-hybridized carbons (Fsp3) is 0.381. The molecule has 2 aromatic rings. The zero-order chi connectivity index (χ0) is 20.4. The number of anilines is 1. The SMILES string of the molecule is O=C([C@@H]1CN(Cc2ccc(C(F)(F)F)cc2)c2ccccc2O1)N1CCOCC1. The minimum absolute atomic E-state index is 0.0970. The molecule has 2 heterocycles. The van der Waals surface area contributed by atoms with E-state index in [2.05, 4.69) is 0 Å². The number of rotatable bonds is 3. The van der Waals surface area contributed by atoms with E-state index in [1.165, 1.54) is 12.1 Å². The van der Waals surface area contributed by atoms with Crippen molar-refractivity contribution < 1.29 is 27.4 Å². The topological polar surface area (TPSA) is 42.0 Å². The maximum atomic E-state index is 12.9. The van der Waals surface area contributed by atoms with Crippen LogP contribution in [-0.2, 0) is 22.3 Å². The van der Waals surface area contributed by atoms with Crippen molar-refractivity contribution in [1.29, 1.82) is 0 Å². The second-order valence-electron chi connectivity index (χ2n) is 7.09. The predicted molar refractivity (Wildman–Crippen MR) is 101 cm³/mol. The molecule has 5 nitrogen and oxygen atoms in total. The van der Waals surface area contributed by atoms with Gasteiger partial charge in [-0.25, -0.2) is 0 Å². The van der Waals surface area contributed by atoms with Crippen LogP contribution in [0.3, 0.4) is 0 Å². The zero-order valence-electron chi connectivity index (χ0n) is 15.7. The molecule has 2 aliphatic rings. The molecule has 1 saturated heterocycles. The van der Waals surface area contributed by atoms with Crippen molar-refractivity contribution in [2.45, 2.75) is 18.8 Å². The largest absolute Gasteiger partial charge is 0.477 e. The van der Waals surface area contributed by atoms with E-state index >= 15 is 0 Å². The molecule has 1 fully saturated rings. The monoisotopic (exact) mass is 406 g/mol. The van der Waals surface area contributed by atoms with E-state index in [4.69, 9.17) is 9.47 Å². The van der Waals surface area contributed by atoms with Crippen LogP contribution in [0.15, 0.2) is 48.5 Å². The average Bonchev–Trinajstić information content (AvgIpc) is 2.73. The van der Waals surface area contributed by atoms with Crippen LogP contribution in [0.25, 0.3) is 0 Å². The Labute approximate surface area is 166 Å². The highest BCUT2D eigenvalue weighted by atomic mass is 19.4. The molecule has 0 N–H and O–H groups in total. The molecule has 0 aromatic heterocycles. The molecule has 2 aliphatic heterocycles. The Balaban J connectivity index is 1.54. The Bertz CT molecular complexity index is 864. The summed E-state index contributed by atoms with van der Waals surface area (Å²) in [6.07, 6.45) is -5.03. The molecule has 0 saturated carbocycles. The highest BCUT2D eigenvalue weighted by Gasteiger charge is 2.34. The molecule has 29 heavy (non-hydrogen) atoms. The van der Waals surface area contributed by atoms with E-state index < -0.39 is 17.8 Å². The highest BCUT2D eigenvalue weighted by molar-refractivity contribution is 5.83. The summed E-state index contributed by atoms with van der Waals surface area (Å²) in [6.45, 7) is 2.77. The van der Waals surface area contributed by atoms with Crippen LogP contribution in [0, 0.1) is 0 Å². The van der Waals surface area contributed by atoms with Gasteiger partial charge in [0.2, 0.25) is 0 Å². The van der Waals surface area contributed by atoms with E-state index in [0.717, 1.165) is 23.4 Å². The van der Waals surface area contributed by atoms with Crippen LogP contribution < -0.4 is 9.64 Å². The summed E-state index contributed by atoms with van der Waals surface area (Å²) >= 11 is 0. The first-order chi connectivity index (χ1) is 13.9. The molecule has 8 heteroatoms. The van der Waals surface area contributed by atoms with Gasteiger partial charge in [-0.2, -0.15) is 13.2 Å². The Hall–Kier alpha value is -2.74. The maximum Gasteiger partial charge on any atom is 0.416 e. The van der Waals surface area contributed by atoms with Crippen LogP contribution >= 0.6 is 0 Å². The van der Waals surface area contributed by atoms with E-state index in [-0.39, 0.29) is 5.91 Å². The molecule has 1 atom stereocenters. The van der Waals surface area contributed by atoms with E-state index in [9.17, 15) is 18.0 Å². The molecule has 0 bridgehead atoms. The van der Waals surface area contributed by atoms with Crippen LogP contribution in [0.1, 0.15) is 11.1 Å². The summed E-state index contributed by atoms with van der Waals surface area (Å²) in [5.74, 6) is 0.498. The van der Waals surface area contributed by atoms with Gasteiger partial charge in [0.05, 0.1) is 31.0 Å². The third kappa shape index (κ3) is 4.32. The van der Waals surface area contributed by atoms with Gasteiger partial charge in [0.25, 0.3) is 5.91 Å². The van der Waals surface area contributed by atoms with Crippen molar-refractivity contribution >= 4 is 11.6 Å². The smallest absolute Gasteiger partial charge is 0.416 e. The molecule has 154 valence electrons. The third-order valence-corrected chi connectivity index (χ3v) is 5.11. The van der Waals surface area contributed by atoms with Crippen LogP contribution in [-0.4, -0.2) is 49.8 Å². The van der Waals surface area contributed by atoms with Gasteiger partial charge >= 0.3 is 6.18 Å². The number of ether oxygens (including phenoxy) is 2. The standard InChI is InChI=1S/C21H21F3N2O3/c22-21(23,24)16-7-5-15(6-8-16)13-26-14-19(20(27)25-9-11-28-12-10-25)29-18-4-2-1-3-17(18)26/h1-8,19H,9-14H2/t19-/m0/s1. The molecule has 2 aromatic carbocycles. The minimum Gasteiger partial charge on any atom is -0.477 e. The van der Waals surface area contributed by atoms with Crippen molar-refractivity contribution in [3.05, 3.63) is 59.7 Å². The number of nitrogens with zero attached hydrogens (tertiary/aromatic N) is 2. The van der Waals surface area contributed by atoms with Gasteiger partial charge in [-0.3, -0.25) is 4.79 Å². The summed E-state index contributed by atoms with van der Waals surface area (Å²) in [5.41, 5.74) is 0.870. The van der Waals surface area contributed by atoms with Crippen molar-refractivity contribution in [3.8, 4) is 5.75 Å². The zero-order valence-corrected chi connectivity index (χ0v) is 15.7. The Kier molecular flexibility index (Phi) is 5.36. The number of amides is 1. The van der Waals surface area contributed by atoms with Crippen molar-refractivity contribution in [3.63, 3.8) is 0 Å². The molecule has 4 rings (SSSR count). The van der Waals surface area contributed by atoms with Gasteiger partial charge in [-0.1, -0.05) is 24.3 Å². The summed E-state index contributed by atoms with van der Waals surface area (Å²) in [5, 5.41) is 0. The summed E-state index contributed by atoms with van der Waals surface area (Å²) in [4.78, 5) is 16.6. The van der Waals surface area contributed by atoms with Gasteiger partial charge in [-0.05, 0) is 29.8 Å². The molecule has 0 unspecified atom stereocenters. The van der Waals surface area contributed by atoms with Crippen molar-refractivity contribution in [2.75, 3.05) is 37.7 Å². The van der Waals surface area contributed by atoms with Gasteiger partial charge in [0.15, 0.2) is 6.10 Å². The lowest BCUT2D eigenvalue weighted by molar-refractivity contribution is -0.142. The first-order valence-corrected chi connectivity index (χ1v) is 9.45. The van der Waals surface area contributed by atoms with Gasteiger partial charge in [0.1, 0.15) is 5.75 Å². The Morgan fingerprint density at radius 1 is 1.03 bits per heavy atom. The molecule has 0 radical (unpaired) electrons. The Morgan fingerprint density at radius 2 is 1.72 bits per heavy atom. The number of carbonyl (C=O) groups excluding carboxylic acids is 1. The number of morpholine rings is 1. The summed E-state index contributed by atoms with van der Waals surface area (Å²) in [6, 6.07) is 12.5. The van der Waals surface area contributed by atoms with Gasteiger partial charge < -0.3 is 19.3 Å². The number of carbonyl (C=O) groups is 1. The molecule has 0 aliphatic carbocycles. The summed E-state index contributed by atoms with van der Waals surface area (Å²) < 4.78 is 49.7. The summed E-state index contributed by atoms with van der Waals surface area (Å²) in [7, 11) is 0. The number of hydrogen-bond donors (Lipinski definition) is 0. The number of para-hydroxylation sites is 2. The maximum absolute atomic E-state index is 12.9. The number of benzene rings is 2. The molecule has 0 spiro atoms. The second kappa shape index (κ2) is 7.94. The third-order valence-electron chi connectivity index (χ3n) is 5.11. The van der Waals surface area contributed by atoms with Crippen molar-refractivity contribution in [1.82, 2.24) is 4.90 Å². The van der Waals surface area contributed by atoms with Crippen LogP contribution in [0.5, 0.6) is 5.75 Å². The van der Waals surface area contributed by atoms with Crippen LogP contribution in [0.4, 0.5) is 18.9 Å². The Morgan fingerprint density at radius 3 is 2.41 bits per heavy atom. The minimum atomic E-state index is -4.36. The second-order valence-corrected chi connectivity index (χ2v) is 7.09. The molecule has 1 amide bonds. The highest BCUT2D eigenvalue weighted by Crippen LogP contribution is 2.35. The van der Waals surface area contributed by atoms with E-state index in [1.807, 2.05) is 23.1 Å². The first-order valence-electron chi connectivity index (χ1n) is 9.45. The lowest BCUT2D eigenvalue weighted by Crippen LogP contribution is -2.52. The van der Waals surface area contributed by atoms with E-state index in [0.29, 0.717) is 45.1 Å². The quantitative estimate of drug-likeness (QED) is 0.784. The average molecular weight is 406 g/mol. The number of alkyl halides is 3. The normalized spacial score (nSPS) is 19.5. The van der Waals surface area contributed by atoms with E-state index in [1.54, 1.807) is 11.0 Å². The fourth-order valence-electron chi connectivity index (χ4n) is 3.59. The number of fused-ring (bicyclic) bond motifs is 1. The van der Waals surface area contributed by atoms with Gasteiger partial charge in [0, 0.05) is 19.6 Å². The fourth-order valence-corrected chi connectivity index (χ4v) is 3.59. The molecular weight excluding hydrogens is 385 g/mol. The van der Waals surface area contributed by atoms with Crippen LogP contribution in [0.2, 0.25) is 0 Å². The number of halogens is 3. The first kappa shape index (κ1) is 19.6. The predicted octanol–water partition coefficient (Wildman–Crippen LogP) is 3.33. The molecular formula is C21H21F3N2O3. The van der Waals surface area contributed by atoms with Crippen molar-refractivity contribution in [2.24, 2.45) is 0 Å².